The number of benzene rings is 1. The second kappa shape index (κ2) is 11.2. The molecule has 0 aliphatic carbocycles. The Hall–Kier alpha value is -0.430. The molecular weight excluding hydrogens is 368 g/mol. The number of nitrogens with zero attached hydrogens (tertiary/aromatic N) is 1. The van der Waals surface area contributed by atoms with E-state index >= 15 is 0 Å². The Morgan fingerprint density at radius 1 is 1.23 bits per heavy atom. The molecule has 0 N–H and O–H groups in total. The molecule has 0 bridgehead atoms. The Labute approximate surface area is 143 Å². The van der Waals surface area contributed by atoms with Crippen LogP contribution in [0.15, 0.2) is 12.1 Å². The van der Waals surface area contributed by atoms with Crippen LogP contribution in [-0.2, 0) is 21.6 Å². The number of rotatable bonds is 5. The molecule has 1 aromatic rings. The summed E-state index contributed by atoms with van der Waals surface area (Å²) in [6.07, 6.45) is 6.75. The summed E-state index contributed by atoms with van der Waals surface area (Å²) in [5.74, 6) is -1.49. The third kappa shape index (κ3) is 7.22. The van der Waals surface area contributed by atoms with Crippen molar-refractivity contribution in [3.8, 4) is 6.07 Å². The van der Waals surface area contributed by atoms with Gasteiger partial charge in [0.15, 0.2) is 0 Å². The van der Waals surface area contributed by atoms with Crippen molar-refractivity contribution in [2.24, 2.45) is 0 Å². The normalized spacial score (nSPS) is 14.2. The fourth-order valence-corrected chi connectivity index (χ4v) is 4.82. The summed E-state index contributed by atoms with van der Waals surface area (Å²) in [7, 11) is -1.91. The lowest BCUT2D eigenvalue weighted by Gasteiger charge is -2.13. The van der Waals surface area contributed by atoms with Crippen LogP contribution in [0.1, 0.15) is 15.7 Å². The maximum atomic E-state index is 13.5. The highest BCUT2D eigenvalue weighted by atomic mass is 32.2. The first-order valence-corrected chi connectivity index (χ1v) is 11.8. The Bertz CT molecular complexity index is 590. The third-order valence-corrected chi connectivity index (χ3v) is 7.46. The van der Waals surface area contributed by atoms with Gasteiger partial charge in [0.25, 0.3) is 0 Å². The summed E-state index contributed by atoms with van der Waals surface area (Å²) in [6, 6.07) is 3.33. The van der Waals surface area contributed by atoms with Crippen LogP contribution in [0.4, 0.5) is 8.78 Å². The summed E-state index contributed by atoms with van der Waals surface area (Å²) < 4.78 is 47.7. The minimum atomic E-state index is -1.31. The molecule has 1 rings (SSSR count). The topological polar surface area (TPSA) is 57.9 Å². The fraction of sp³-hybridized carbons (Fsp3) is 0.462. The fourth-order valence-electron chi connectivity index (χ4n) is 1.44. The van der Waals surface area contributed by atoms with E-state index in [1.54, 1.807) is 30.3 Å². The predicted octanol–water partition coefficient (Wildman–Crippen LogP) is 3.26. The van der Waals surface area contributed by atoms with Gasteiger partial charge in [0.1, 0.15) is 22.3 Å². The molecule has 22 heavy (non-hydrogen) atoms. The average molecular weight is 386 g/mol. The Morgan fingerprint density at radius 3 is 2.14 bits per heavy atom. The van der Waals surface area contributed by atoms with Crippen LogP contribution in [0.25, 0.3) is 0 Å². The van der Waals surface area contributed by atoms with Gasteiger partial charge in [-0.1, -0.05) is 0 Å². The number of hydrogen-bond donors (Lipinski definition) is 0. The van der Waals surface area contributed by atoms with Crippen LogP contribution in [0.5, 0.6) is 0 Å². The van der Waals surface area contributed by atoms with Crippen LogP contribution < -0.4 is 0 Å². The zero-order valence-electron chi connectivity index (χ0n) is 12.6. The predicted molar refractivity (Wildman–Crippen MR) is 93.8 cm³/mol. The number of halogens is 2. The molecule has 0 saturated heterocycles. The number of hydrogen-bond acceptors (Lipinski definition) is 5. The molecule has 3 atom stereocenters. The van der Waals surface area contributed by atoms with Crippen LogP contribution >= 0.6 is 23.5 Å². The van der Waals surface area contributed by atoms with Gasteiger partial charge in [-0.05, 0) is 24.6 Å². The lowest BCUT2D eigenvalue weighted by atomic mass is 10.1. The second-order valence-electron chi connectivity index (χ2n) is 4.01. The smallest absolute Gasteiger partial charge is 0.141 e. The molecule has 0 aliphatic rings. The summed E-state index contributed by atoms with van der Waals surface area (Å²) in [5, 5.41) is 9.28. The van der Waals surface area contributed by atoms with E-state index in [0.29, 0.717) is 0 Å². The van der Waals surface area contributed by atoms with Gasteiger partial charge in [0.2, 0.25) is 0 Å². The number of nitriles is 1. The van der Waals surface area contributed by atoms with Crippen LogP contribution in [-0.4, -0.2) is 38.5 Å². The summed E-state index contributed by atoms with van der Waals surface area (Å²) in [4.78, 5) is 0. The van der Waals surface area contributed by atoms with E-state index in [0.717, 1.165) is 17.2 Å². The average Bonchev–Trinajstić information content (AvgIpc) is 2.43. The van der Waals surface area contributed by atoms with E-state index in [-0.39, 0.29) is 11.1 Å². The molecule has 0 aliphatic heterocycles. The highest BCUT2D eigenvalue weighted by Crippen LogP contribution is 2.32. The lowest BCUT2D eigenvalue weighted by Crippen LogP contribution is -2.05. The van der Waals surface area contributed by atoms with Crippen molar-refractivity contribution in [2.45, 2.75) is 4.58 Å². The SMILES string of the molecule is CSC(c1cc(F)c(C#N)cc1F)S(C)=O.CSCS(C)=O. The van der Waals surface area contributed by atoms with Crippen LogP contribution in [0.2, 0.25) is 0 Å². The molecule has 0 heterocycles. The van der Waals surface area contributed by atoms with Crippen molar-refractivity contribution >= 4 is 45.1 Å². The van der Waals surface area contributed by atoms with Crippen molar-refractivity contribution in [1.29, 1.82) is 5.26 Å². The molecule has 0 spiro atoms. The van der Waals surface area contributed by atoms with Gasteiger partial charge in [-0.25, -0.2) is 8.78 Å². The first-order chi connectivity index (χ1) is 10.3. The zero-order valence-corrected chi connectivity index (χ0v) is 15.9. The minimum absolute atomic E-state index is 0.0323. The van der Waals surface area contributed by atoms with Crippen molar-refractivity contribution in [3.05, 3.63) is 34.9 Å². The molecule has 0 radical (unpaired) electrons. The Kier molecular flexibility index (Phi) is 10.9. The highest BCUT2D eigenvalue weighted by Gasteiger charge is 2.20. The Balaban J connectivity index is 0.000000626. The van der Waals surface area contributed by atoms with Gasteiger partial charge >= 0.3 is 0 Å². The maximum Gasteiger partial charge on any atom is 0.141 e. The first kappa shape index (κ1) is 21.6. The Morgan fingerprint density at radius 2 is 1.82 bits per heavy atom. The standard InChI is InChI=1S/C10H9F2NOS2.C3H8OS2/c1-15-10(16(2)14)7-4-8(11)6(5-13)3-9(7)12;1-5-3-6(2)4/h3-4,10H,1-2H3;3H2,1-2H3. The largest absolute Gasteiger partial charge is 0.259 e. The molecule has 0 amide bonds. The van der Waals surface area contributed by atoms with E-state index in [1.165, 1.54) is 18.0 Å². The van der Waals surface area contributed by atoms with Gasteiger partial charge in [-0.15, -0.1) is 11.8 Å². The molecule has 3 nitrogen and oxygen atoms in total. The molecule has 1 aromatic carbocycles. The van der Waals surface area contributed by atoms with Crippen molar-refractivity contribution in [2.75, 3.05) is 30.1 Å². The van der Waals surface area contributed by atoms with Gasteiger partial charge in [0.05, 0.1) is 10.6 Å². The maximum absolute atomic E-state index is 13.5. The van der Waals surface area contributed by atoms with Gasteiger partial charge in [-0.3, -0.25) is 8.42 Å². The van der Waals surface area contributed by atoms with Gasteiger partial charge in [0, 0.05) is 39.7 Å². The molecular formula is C13H17F2NO2S4. The summed E-state index contributed by atoms with van der Waals surface area (Å²) in [5.41, 5.74) is -0.312. The summed E-state index contributed by atoms with van der Waals surface area (Å²) in [6.45, 7) is 0. The van der Waals surface area contributed by atoms with Crippen LogP contribution in [0, 0.1) is 23.0 Å². The molecule has 124 valence electrons. The molecule has 0 saturated carbocycles. The van der Waals surface area contributed by atoms with E-state index in [1.807, 2.05) is 6.26 Å². The highest BCUT2D eigenvalue weighted by molar-refractivity contribution is 8.10. The second-order valence-corrected chi connectivity index (χ2v) is 9.39. The van der Waals surface area contributed by atoms with Crippen molar-refractivity contribution in [3.63, 3.8) is 0 Å². The van der Waals surface area contributed by atoms with E-state index in [4.69, 9.17) is 5.26 Å². The zero-order chi connectivity index (χ0) is 17.3. The summed E-state index contributed by atoms with van der Waals surface area (Å²) >= 11 is 2.79. The van der Waals surface area contributed by atoms with E-state index in [9.17, 15) is 17.2 Å². The molecule has 0 aromatic heterocycles. The van der Waals surface area contributed by atoms with Crippen molar-refractivity contribution < 1.29 is 17.2 Å². The van der Waals surface area contributed by atoms with Gasteiger partial charge < -0.3 is 0 Å². The number of thioether (sulfide) groups is 2. The van der Waals surface area contributed by atoms with Crippen LogP contribution in [0.3, 0.4) is 0 Å². The van der Waals surface area contributed by atoms with E-state index in [2.05, 4.69) is 0 Å². The monoisotopic (exact) mass is 385 g/mol. The minimum Gasteiger partial charge on any atom is -0.259 e. The van der Waals surface area contributed by atoms with E-state index < -0.39 is 37.8 Å². The van der Waals surface area contributed by atoms with Crippen molar-refractivity contribution in [1.82, 2.24) is 0 Å². The first-order valence-electron chi connectivity index (χ1n) is 5.81. The molecule has 3 unspecified atom stereocenters. The molecule has 0 fully saturated rings. The quantitative estimate of drug-likeness (QED) is 0.779. The molecule has 9 heteroatoms. The lowest BCUT2D eigenvalue weighted by molar-refractivity contribution is 0.587. The van der Waals surface area contributed by atoms with Gasteiger partial charge in [-0.2, -0.15) is 17.0 Å². The third-order valence-electron chi connectivity index (χ3n) is 2.26.